The maximum Gasteiger partial charge on any atom is 0.293 e. The number of fused-ring (bicyclic) bond motifs is 3. The van der Waals surface area contributed by atoms with Crippen LogP contribution >= 0.6 is 11.6 Å². The lowest BCUT2D eigenvalue weighted by Crippen LogP contribution is -2.28. The molecule has 5 rings (SSSR count). The standard InChI is InChI=1S/C35H37ClN2O2/c1-35(2)32(21-19-27-13-11-14-28(34(27)36)24-37-29-15-5-3-6-16-29)38(22-9-4-10-23-40-25-39)31-20-18-26-12-7-8-17-30(26)33(31)35/h3,5-8,12,15-21,24-25H,4,9-11,13-14,22-23H2,1-2H3/p+1. The van der Waals surface area contributed by atoms with Crippen molar-refractivity contribution in [1.29, 1.82) is 0 Å². The van der Waals surface area contributed by atoms with Crippen LogP contribution in [-0.2, 0) is 14.9 Å². The first kappa shape index (κ1) is 27.9. The topological polar surface area (TPSA) is 41.3 Å². The maximum atomic E-state index is 10.5. The molecular formula is C35H38ClN2O2+. The molecule has 206 valence electrons. The third-order valence-electron chi connectivity index (χ3n) is 8.05. The Kier molecular flexibility index (Phi) is 8.86. The van der Waals surface area contributed by atoms with Crippen LogP contribution in [0, 0.1) is 0 Å². The minimum Gasteiger partial charge on any atom is -0.468 e. The number of halogens is 1. The summed E-state index contributed by atoms with van der Waals surface area (Å²) in [4.78, 5) is 10.5. The van der Waals surface area contributed by atoms with Gasteiger partial charge in [-0.1, -0.05) is 60.1 Å². The van der Waals surface area contributed by atoms with Crippen LogP contribution in [0.5, 0.6) is 0 Å². The molecule has 3 aromatic carbocycles. The number of rotatable bonds is 11. The molecule has 1 heterocycles. The van der Waals surface area contributed by atoms with Crippen molar-refractivity contribution in [2.45, 2.75) is 57.8 Å². The van der Waals surface area contributed by atoms with Gasteiger partial charge in [0.25, 0.3) is 6.47 Å². The highest BCUT2D eigenvalue weighted by Gasteiger charge is 2.45. The molecule has 0 spiro atoms. The predicted octanol–water partition coefficient (Wildman–Crippen LogP) is 8.79. The van der Waals surface area contributed by atoms with E-state index in [9.17, 15) is 4.79 Å². The number of unbranched alkanes of at least 4 members (excludes halogenated alkanes) is 2. The van der Waals surface area contributed by atoms with E-state index in [1.165, 1.54) is 33.3 Å². The normalized spacial score (nSPS) is 17.6. The molecule has 2 aliphatic rings. The second-order valence-electron chi connectivity index (χ2n) is 11.1. The molecule has 3 aromatic rings. The molecule has 0 atom stereocenters. The molecule has 5 heteroatoms. The molecule has 40 heavy (non-hydrogen) atoms. The second-order valence-corrected chi connectivity index (χ2v) is 11.5. The number of hydrogen-bond donors (Lipinski definition) is 1. The van der Waals surface area contributed by atoms with Crippen LogP contribution in [-0.4, -0.2) is 29.9 Å². The predicted molar refractivity (Wildman–Crippen MR) is 167 cm³/mol. The molecule has 4 nitrogen and oxygen atoms in total. The number of ether oxygens (including phenoxy) is 1. The number of hydrogen-bond acceptors (Lipinski definition) is 3. The number of nitrogens with one attached hydrogen (secondary N) is 1. The van der Waals surface area contributed by atoms with E-state index in [1.807, 2.05) is 18.2 Å². The molecule has 0 saturated heterocycles. The van der Waals surface area contributed by atoms with Gasteiger partial charge < -0.3 is 10.1 Å². The van der Waals surface area contributed by atoms with Gasteiger partial charge in [0.05, 0.1) is 12.0 Å². The lowest BCUT2D eigenvalue weighted by Gasteiger charge is -2.19. The zero-order valence-corrected chi connectivity index (χ0v) is 24.2. The summed E-state index contributed by atoms with van der Waals surface area (Å²) < 4.78 is 7.38. The molecule has 0 fully saturated rings. The molecule has 0 bridgehead atoms. The Balaban J connectivity index is 1.46. The van der Waals surface area contributed by atoms with Crippen molar-refractivity contribution in [2.24, 2.45) is 0 Å². The Morgan fingerprint density at radius 2 is 1.75 bits per heavy atom. The van der Waals surface area contributed by atoms with E-state index < -0.39 is 0 Å². The van der Waals surface area contributed by atoms with E-state index in [-0.39, 0.29) is 5.41 Å². The van der Waals surface area contributed by atoms with Crippen LogP contribution in [0.1, 0.15) is 57.9 Å². The second kappa shape index (κ2) is 12.7. The summed E-state index contributed by atoms with van der Waals surface area (Å²) in [6.07, 6.45) is 12.5. The Morgan fingerprint density at radius 1 is 0.950 bits per heavy atom. The molecule has 0 radical (unpaired) electrons. The first-order valence-electron chi connectivity index (χ1n) is 14.3. The van der Waals surface area contributed by atoms with Crippen LogP contribution < -0.4 is 5.32 Å². The van der Waals surface area contributed by atoms with Crippen molar-refractivity contribution in [3.8, 4) is 0 Å². The van der Waals surface area contributed by atoms with Gasteiger partial charge in [0.15, 0.2) is 5.71 Å². The van der Waals surface area contributed by atoms with Crippen molar-refractivity contribution in [3.05, 3.63) is 107 Å². The molecule has 0 aromatic heterocycles. The van der Waals surface area contributed by atoms with Crippen LogP contribution in [0.3, 0.4) is 0 Å². The van der Waals surface area contributed by atoms with E-state index in [4.69, 9.17) is 16.3 Å². The number of benzene rings is 3. The highest BCUT2D eigenvalue weighted by atomic mass is 35.5. The molecular weight excluding hydrogens is 516 g/mol. The lowest BCUT2D eigenvalue weighted by molar-refractivity contribution is -0.438. The van der Waals surface area contributed by atoms with Gasteiger partial charge in [-0.3, -0.25) is 4.79 Å². The van der Waals surface area contributed by atoms with Gasteiger partial charge in [-0.05, 0) is 86.1 Å². The average Bonchev–Trinajstić information content (AvgIpc) is 3.19. The van der Waals surface area contributed by atoms with E-state index in [2.05, 4.69) is 90.6 Å². The van der Waals surface area contributed by atoms with Gasteiger partial charge in [0.2, 0.25) is 5.69 Å². The first-order chi connectivity index (χ1) is 19.5. The summed E-state index contributed by atoms with van der Waals surface area (Å²) in [5.74, 6) is 0. The number of carbonyl (C=O) groups is 1. The minimum absolute atomic E-state index is 0.164. The molecule has 1 aliphatic heterocycles. The van der Waals surface area contributed by atoms with Crippen LogP contribution in [0.4, 0.5) is 11.4 Å². The summed E-state index contributed by atoms with van der Waals surface area (Å²) in [7, 11) is 0. The van der Waals surface area contributed by atoms with E-state index in [1.54, 1.807) is 0 Å². The fraction of sp³-hybridized carbons (Fsp3) is 0.314. The van der Waals surface area contributed by atoms with Crippen molar-refractivity contribution in [2.75, 3.05) is 18.5 Å². The van der Waals surface area contributed by atoms with Crippen LogP contribution in [0.15, 0.2) is 101 Å². The van der Waals surface area contributed by atoms with E-state index in [0.29, 0.717) is 13.1 Å². The first-order valence-corrected chi connectivity index (χ1v) is 14.7. The minimum atomic E-state index is -0.164. The highest BCUT2D eigenvalue weighted by molar-refractivity contribution is 6.32. The maximum absolute atomic E-state index is 10.5. The Labute approximate surface area is 242 Å². The van der Waals surface area contributed by atoms with Crippen molar-refractivity contribution < 1.29 is 14.1 Å². The molecule has 1 N–H and O–H groups in total. The molecule has 1 aliphatic carbocycles. The lowest BCUT2D eigenvalue weighted by atomic mass is 9.79. The van der Waals surface area contributed by atoms with Gasteiger partial charge in [0, 0.05) is 41.0 Å². The summed E-state index contributed by atoms with van der Waals surface area (Å²) >= 11 is 6.98. The van der Waals surface area contributed by atoms with Gasteiger partial charge in [0.1, 0.15) is 6.54 Å². The third-order valence-corrected chi connectivity index (χ3v) is 8.54. The number of allylic oxidation sites excluding steroid dienone is 5. The summed E-state index contributed by atoms with van der Waals surface area (Å²) in [5, 5.41) is 6.84. The van der Waals surface area contributed by atoms with Crippen LogP contribution in [0.25, 0.3) is 10.8 Å². The average molecular weight is 554 g/mol. The van der Waals surface area contributed by atoms with Gasteiger partial charge in [-0.2, -0.15) is 4.58 Å². The Bertz CT molecular complexity index is 1500. The SMILES string of the molecule is CC1(C)C(/C=C/C2=C(Cl)C(=C/Nc3ccccc3)/CCC2)=[N+](CCCCCOC=O)c2ccc3ccccc3c21. The van der Waals surface area contributed by atoms with Crippen molar-refractivity contribution in [3.63, 3.8) is 0 Å². The zero-order valence-electron chi connectivity index (χ0n) is 23.5. The van der Waals surface area contributed by atoms with Crippen molar-refractivity contribution >= 4 is 45.9 Å². The van der Waals surface area contributed by atoms with Crippen molar-refractivity contribution in [1.82, 2.24) is 0 Å². The fourth-order valence-electron chi connectivity index (χ4n) is 6.03. The van der Waals surface area contributed by atoms with Gasteiger partial charge in [-0.15, -0.1) is 0 Å². The Morgan fingerprint density at radius 3 is 2.58 bits per heavy atom. The molecule has 0 saturated carbocycles. The monoisotopic (exact) mass is 553 g/mol. The smallest absolute Gasteiger partial charge is 0.293 e. The Hall–Kier alpha value is -3.63. The third kappa shape index (κ3) is 5.93. The number of nitrogens with zero attached hydrogens (tertiary/aromatic N) is 1. The fourth-order valence-corrected chi connectivity index (χ4v) is 6.33. The quantitative estimate of drug-likeness (QED) is 0.146. The van der Waals surface area contributed by atoms with Gasteiger partial charge in [-0.25, -0.2) is 0 Å². The molecule has 0 unspecified atom stereocenters. The number of carbonyl (C=O) groups excluding carboxylic acids is 1. The zero-order chi connectivity index (χ0) is 28.0. The highest BCUT2D eigenvalue weighted by Crippen LogP contribution is 2.44. The largest absolute Gasteiger partial charge is 0.468 e. The summed E-state index contributed by atoms with van der Waals surface area (Å²) in [5.41, 5.74) is 7.18. The number of para-hydroxylation sites is 1. The summed E-state index contributed by atoms with van der Waals surface area (Å²) in [6, 6.07) is 23.4. The number of anilines is 1. The summed E-state index contributed by atoms with van der Waals surface area (Å²) in [6.45, 7) is 6.59. The molecule has 0 amide bonds. The van der Waals surface area contributed by atoms with Crippen LogP contribution in [0.2, 0.25) is 0 Å². The van der Waals surface area contributed by atoms with Gasteiger partial charge >= 0.3 is 0 Å². The van der Waals surface area contributed by atoms with E-state index >= 15 is 0 Å². The van der Waals surface area contributed by atoms with E-state index in [0.717, 1.165) is 61.4 Å².